The molecule has 0 spiro atoms. The minimum atomic E-state index is 0.0656. The molecule has 4 nitrogen and oxygen atoms in total. The highest BCUT2D eigenvalue weighted by Gasteiger charge is 2.21. The molecule has 4 heteroatoms. The third-order valence-electron chi connectivity index (χ3n) is 5.16. The lowest BCUT2D eigenvalue weighted by molar-refractivity contribution is -0.126. The van der Waals surface area contributed by atoms with Gasteiger partial charge >= 0.3 is 0 Å². The van der Waals surface area contributed by atoms with Gasteiger partial charge in [0, 0.05) is 37.9 Å². The van der Waals surface area contributed by atoms with Crippen molar-refractivity contribution >= 4 is 17.7 Å². The zero-order valence-corrected chi connectivity index (χ0v) is 17.3. The van der Waals surface area contributed by atoms with Crippen molar-refractivity contribution in [2.45, 2.75) is 33.8 Å². The van der Waals surface area contributed by atoms with Crippen LogP contribution in [-0.2, 0) is 4.79 Å². The number of aryl methyl sites for hydroxylation is 1. The maximum atomic E-state index is 12.6. The van der Waals surface area contributed by atoms with E-state index >= 15 is 0 Å². The van der Waals surface area contributed by atoms with Gasteiger partial charge < -0.3 is 14.5 Å². The average molecular weight is 379 g/mol. The molecule has 3 rings (SSSR count). The fourth-order valence-corrected chi connectivity index (χ4v) is 3.48. The Balaban J connectivity index is 1.58. The van der Waals surface area contributed by atoms with Gasteiger partial charge in [0.2, 0.25) is 5.91 Å². The summed E-state index contributed by atoms with van der Waals surface area (Å²) in [5.74, 6) is 0.891. The molecule has 2 aromatic rings. The van der Waals surface area contributed by atoms with Crippen LogP contribution in [0.25, 0.3) is 6.08 Å². The fraction of sp³-hybridized carbons (Fsp3) is 0.375. The molecule has 0 atom stereocenters. The van der Waals surface area contributed by atoms with Crippen LogP contribution in [0.3, 0.4) is 0 Å². The van der Waals surface area contributed by atoms with Crippen LogP contribution in [-0.4, -0.2) is 43.1 Å². The monoisotopic (exact) mass is 378 g/mol. The fourth-order valence-electron chi connectivity index (χ4n) is 3.48. The van der Waals surface area contributed by atoms with E-state index in [2.05, 4.69) is 36.9 Å². The SMILES string of the molecule is Cc1cccc(N2CCN(C(=O)/C=C/c3cccc(OC(C)C)c3)CC2)c1C. The van der Waals surface area contributed by atoms with Crippen molar-refractivity contribution in [2.75, 3.05) is 31.1 Å². The summed E-state index contributed by atoms with van der Waals surface area (Å²) in [6, 6.07) is 14.2. The third-order valence-corrected chi connectivity index (χ3v) is 5.16. The van der Waals surface area contributed by atoms with E-state index in [1.807, 2.05) is 49.1 Å². The van der Waals surface area contributed by atoms with E-state index in [0.717, 1.165) is 37.5 Å². The quantitative estimate of drug-likeness (QED) is 0.721. The summed E-state index contributed by atoms with van der Waals surface area (Å²) in [6.07, 6.45) is 3.67. The summed E-state index contributed by atoms with van der Waals surface area (Å²) < 4.78 is 5.72. The molecule has 1 amide bonds. The lowest BCUT2D eigenvalue weighted by atomic mass is 10.1. The number of carbonyl (C=O) groups excluding carboxylic acids is 1. The number of hydrogen-bond donors (Lipinski definition) is 0. The molecular weight excluding hydrogens is 348 g/mol. The lowest BCUT2D eigenvalue weighted by Crippen LogP contribution is -2.48. The second-order valence-electron chi connectivity index (χ2n) is 7.60. The molecule has 0 saturated carbocycles. The number of carbonyl (C=O) groups is 1. The number of benzene rings is 2. The van der Waals surface area contributed by atoms with Crippen molar-refractivity contribution in [2.24, 2.45) is 0 Å². The molecule has 0 N–H and O–H groups in total. The predicted molar refractivity (Wildman–Crippen MR) is 116 cm³/mol. The second-order valence-corrected chi connectivity index (χ2v) is 7.60. The Morgan fingerprint density at radius 1 is 1.04 bits per heavy atom. The standard InChI is InChI=1S/C24H30N2O2/c1-18(2)28-22-9-6-8-21(17-22)11-12-24(27)26-15-13-25(14-16-26)23-10-5-7-19(3)20(23)4/h5-12,17-18H,13-16H2,1-4H3/b12-11+. The van der Waals surface area contributed by atoms with Crippen molar-refractivity contribution in [3.63, 3.8) is 0 Å². The molecule has 0 bridgehead atoms. The molecule has 1 heterocycles. The van der Waals surface area contributed by atoms with Crippen molar-refractivity contribution < 1.29 is 9.53 Å². The van der Waals surface area contributed by atoms with Gasteiger partial charge in [-0.25, -0.2) is 0 Å². The summed E-state index contributed by atoms with van der Waals surface area (Å²) in [7, 11) is 0. The van der Waals surface area contributed by atoms with Crippen molar-refractivity contribution in [3.05, 3.63) is 65.2 Å². The summed E-state index contributed by atoms with van der Waals surface area (Å²) in [5.41, 5.74) is 4.89. The molecule has 1 saturated heterocycles. The first-order valence-corrected chi connectivity index (χ1v) is 9.99. The maximum Gasteiger partial charge on any atom is 0.246 e. The number of hydrogen-bond acceptors (Lipinski definition) is 3. The number of amides is 1. The van der Waals surface area contributed by atoms with Crippen molar-refractivity contribution in [3.8, 4) is 5.75 Å². The third kappa shape index (κ3) is 4.94. The normalized spacial score (nSPS) is 14.8. The molecule has 148 valence electrons. The Bertz CT molecular complexity index is 849. The van der Waals surface area contributed by atoms with Crippen LogP contribution in [0.15, 0.2) is 48.5 Å². The molecule has 1 fully saturated rings. The van der Waals surface area contributed by atoms with Crippen molar-refractivity contribution in [1.82, 2.24) is 4.90 Å². The first-order chi connectivity index (χ1) is 13.4. The van der Waals surface area contributed by atoms with Crippen LogP contribution >= 0.6 is 0 Å². The molecule has 0 aliphatic carbocycles. The number of rotatable bonds is 5. The molecule has 0 aromatic heterocycles. The number of anilines is 1. The van der Waals surface area contributed by atoms with Gasteiger partial charge in [0.15, 0.2) is 0 Å². The van der Waals surface area contributed by atoms with E-state index in [4.69, 9.17) is 4.74 Å². The molecule has 1 aliphatic heterocycles. The lowest BCUT2D eigenvalue weighted by Gasteiger charge is -2.36. The van der Waals surface area contributed by atoms with Crippen LogP contribution in [0.5, 0.6) is 5.75 Å². The van der Waals surface area contributed by atoms with Gasteiger partial charge in [-0.2, -0.15) is 0 Å². The Labute approximate surface area is 168 Å². The smallest absolute Gasteiger partial charge is 0.246 e. The van der Waals surface area contributed by atoms with E-state index < -0.39 is 0 Å². The first-order valence-electron chi connectivity index (χ1n) is 9.99. The minimum absolute atomic E-state index is 0.0656. The molecular formula is C24H30N2O2. The molecule has 0 unspecified atom stereocenters. The van der Waals surface area contributed by atoms with Gasteiger partial charge in [-0.3, -0.25) is 4.79 Å². The molecule has 0 radical (unpaired) electrons. The van der Waals surface area contributed by atoms with Gasteiger partial charge in [0.1, 0.15) is 5.75 Å². The second kappa shape index (κ2) is 8.96. The van der Waals surface area contributed by atoms with Gasteiger partial charge in [-0.15, -0.1) is 0 Å². The van der Waals surface area contributed by atoms with Crippen LogP contribution in [0, 0.1) is 13.8 Å². The van der Waals surface area contributed by atoms with E-state index in [0.29, 0.717) is 0 Å². The van der Waals surface area contributed by atoms with Gasteiger partial charge in [0.05, 0.1) is 6.10 Å². The number of piperazine rings is 1. The zero-order valence-electron chi connectivity index (χ0n) is 17.3. The highest BCUT2D eigenvalue weighted by Crippen LogP contribution is 2.24. The van der Waals surface area contributed by atoms with Crippen LogP contribution < -0.4 is 9.64 Å². The maximum absolute atomic E-state index is 12.6. The summed E-state index contributed by atoms with van der Waals surface area (Å²) >= 11 is 0. The van der Waals surface area contributed by atoms with Crippen LogP contribution in [0.2, 0.25) is 0 Å². The summed E-state index contributed by atoms with van der Waals surface area (Å²) in [6.45, 7) is 11.5. The predicted octanol–water partition coefficient (Wildman–Crippen LogP) is 4.45. The van der Waals surface area contributed by atoms with E-state index in [9.17, 15) is 4.79 Å². The molecule has 2 aromatic carbocycles. The topological polar surface area (TPSA) is 32.8 Å². The van der Waals surface area contributed by atoms with E-state index in [1.165, 1.54) is 16.8 Å². The van der Waals surface area contributed by atoms with Gasteiger partial charge in [-0.05, 0) is 68.7 Å². The molecule has 1 aliphatic rings. The van der Waals surface area contributed by atoms with Crippen LogP contribution in [0.4, 0.5) is 5.69 Å². The Hall–Kier alpha value is -2.75. The Morgan fingerprint density at radius 3 is 2.46 bits per heavy atom. The van der Waals surface area contributed by atoms with Crippen LogP contribution in [0.1, 0.15) is 30.5 Å². The Morgan fingerprint density at radius 2 is 1.75 bits per heavy atom. The highest BCUT2D eigenvalue weighted by molar-refractivity contribution is 5.92. The number of nitrogens with zero attached hydrogens (tertiary/aromatic N) is 2. The van der Waals surface area contributed by atoms with E-state index in [-0.39, 0.29) is 12.0 Å². The average Bonchev–Trinajstić information content (AvgIpc) is 2.68. The first kappa shape index (κ1) is 20.0. The largest absolute Gasteiger partial charge is 0.491 e. The van der Waals surface area contributed by atoms with E-state index in [1.54, 1.807) is 6.08 Å². The Kier molecular flexibility index (Phi) is 6.40. The summed E-state index contributed by atoms with van der Waals surface area (Å²) in [5, 5.41) is 0. The molecule has 28 heavy (non-hydrogen) atoms. The number of ether oxygens (including phenoxy) is 1. The summed E-state index contributed by atoms with van der Waals surface area (Å²) in [4.78, 5) is 16.9. The van der Waals surface area contributed by atoms with Crippen molar-refractivity contribution in [1.29, 1.82) is 0 Å². The zero-order chi connectivity index (χ0) is 20.1. The van der Waals surface area contributed by atoms with Gasteiger partial charge in [0.25, 0.3) is 0 Å². The highest BCUT2D eigenvalue weighted by atomic mass is 16.5. The van der Waals surface area contributed by atoms with Gasteiger partial charge in [-0.1, -0.05) is 24.3 Å². The minimum Gasteiger partial charge on any atom is -0.491 e.